The lowest BCUT2D eigenvalue weighted by Crippen LogP contribution is -2.39. The molecule has 1 saturated heterocycles. The Kier molecular flexibility index (Phi) is 5.60. The zero-order chi connectivity index (χ0) is 21.1. The summed E-state index contributed by atoms with van der Waals surface area (Å²) in [7, 11) is 0. The number of hydrogen-bond acceptors (Lipinski definition) is 7. The second-order valence-corrected chi connectivity index (χ2v) is 7.60. The quantitative estimate of drug-likeness (QED) is 0.643. The third kappa shape index (κ3) is 4.24. The third-order valence-corrected chi connectivity index (χ3v) is 5.37. The van der Waals surface area contributed by atoms with Crippen LogP contribution in [-0.4, -0.2) is 43.7 Å². The third-order valence-electron chi connectivity index (χ3n) is 5.37. The van der Waals surface area contributed by atoms with E-state index in [4.69, 9.17) is 5.73 Å². The van der Waals surface area contributed by atoms with Gasteiger partial charge in [-0.1, -0.05) is 6.07 Å². The Labute approximate surface area is 175 Å². The minimum Gasteiger partial charge on any atom is -0.369 e. The SMILES string of the molecule is Cc1cc(C)n(-c2cncc(NCc3cccnc3N3CCC(C(N)=O)CC3)n2)n1. The Bertz CT molecular complexity index is 1040. The van der Waals surface area contributed by atoms with Crippen molar-refractivity contribution in [1.29, 1.82) is 0 Å². The fourth-order valence-electron chi connectivity index (χ4n) is 3.82. The monoisotopic (exact) mass is 406 g/mol. The molecule has 0 radical (unpaired) electrons. The number of nitrogens with two attached hydrogens (primary N) is 1. The van der Waals surface area contributed by atoms with Crippen molar-refractivity contribution >= 4 is 17.5 Å². The molecule has 9 nitrogen and oxygen atoms in total. The van der Waals surface area contributed by atoms with Gasteiger partial charge in [0.1, 0.15) is 11.6 Å². The normalized spacial score (nSPS) is 14.7. The van der Waals surface area contributed by atoms with Crippen LogP contribution >= 0.6 is 0 Å². The average molecular weight is 406 g/mol. The van der Waals surface area contributed by atoms with E-state index in [1.165, 1.54) is 0 Å². The van der Waals surface area contributed by atoms with Crippen LogP contribution in [0.15, 0.2) is 36.8 Å². The van der Waals surface area contributed by atoms with Crippen LogP contribution in [0.2, 0.25) is 0 Å². The van der Waals surface area contributed by atoms with Crippen molar-refractivity contribution in [3.05, 3.63) is 53.7 Å². The lowest BCUT2D eigenvalue weighted by atomic mass is 9.96. The minimum absolute atomic E-state index is 0.0426. The molecule has 3 aromatic rings. The van der Waals surface area contributed by atoms with Gasteiger partial charge in [0.05, 0.1) is 18.1 Å². The molecule has 0 aliphatic carbocycles. The summed E-state index contributed by atoms with van der Waals surface area (Å²) in [5, 5.41) is 7.82. The summed E-state index contributed by atoms with van der Waals surface area (Å²) < 4.78 is 1.78. The maximum Gasteiger partial charge on any atom is 0.220 e. The molecular weight excluding hydrogens is 380 g/mol. The first-order valence-corrected chi connectivity index (χ1v) is 10.1. The van der Waals surface area contributed by atoms with Gasteiger partial charge in [-0.2, -0.15) is 5.10 Å². The maximum absolute atomic E-state index is 11.4. The van der Waals surface area contributed by atoms with Crippen molar-refractivity contribution in [2.24, 2.45) is 11.7 Å². The van der Waals surface area contributed by atoms with Crippen molar-refractivity contribution < 1.29 is 4.79 Å². The van der Waals surface area contributed by atoms with Crippen molar-refractivity contribution in [3.8, 4) is 5.82 Å². The molecule has 1 amide bonds. The van der Waals surface area contributed by atoms with E-state index in [9.17, 15) is 4.79 Å². The topological polar surface area (TPSA) is 115 Å². The van der Waals surface area contributed by atoms with Gasteiger partial charge in [-0.05, 0) is 38.8 Å². The second-order valence-electron chi connectivity index (χ2n) is 7.60. The van der Waals surface area contributed by atoms with Gasteiger partial charge in [0.2, 0.25) is 5.91 Å². The number of aryl methyl sites for hydroxylation is 2. The smallest absolute Gasteiger partial charge is 0.220 e. The number of nitrogens with zero attached hydrogens (tertiary/aromatic N) is 6. The van der Waals surface area contributed by atoms with Crippen LogP contribution in [-0.2, 0) is 11.3 Å². The first kappa shape index (κ1) is 19.8. The summed E-state index contributed by atoms with van der Waals surface area (Å²) in [6, 6.07) is 5.98. The van der Waals surface area contributed by atoms with Gasteiger partial charge in [-0.25, -0.2) is 14.6 Å². The van der Waals surface area contributed by atoms with Crippen molar-refractivity contribution in [3.63, 3.8) is 0 Å². The van der Waals surface area contributed by atoms with Crippen LogP contribution in [0.5, 0.6) is 0 Å². The Morgan fingerprint density at radius 3 is 2.77 bits per heavy atom. The van der Waals surface area contributed by atoms with Gasteiger partial charge in [0.25, 0.3) is 0 Å². The number of aromatic nitrogens is 5. The molecule has 4 heterocycles. The highest BCUT2D eigenvalue weighted by molar-refractivity contribution is 5.77. The molecular formula is C21H26N8O. The number of anilines is 2. The van der Waals surface area contributed by atoms with E-state index in [-0.39, 0.29) is 11.8 Å². The van der Waals surface area contributed by atoms with Crippen LogP contribution < -0.4 is 16.0 Å². The van der Waals surface area contributed by atoms with Crippen LogP contribution in [0.25, 0.3) is 5.82 Å². The van der Waals surface area contributed by atoms with Crippen molar-refractivity contribution in [2.45, 2.75) is 33.2 Å². The molecule has 0 unspecified atom stereocenters. The molecule has 0 saturated carbocycles. The summed E-state index contributed by atoms with van der Waals surface area (Å²) in [5.74, 6) is 2.01. The summed E-state index contributed by atoms with van der Waals surface area (Å²) in [6.07, 6.45) is 6.71. The molecule has 0 atom stereocenters. The average Bonchev–Trinajstić information content (AvgIpc) is 3.10. The Hall–Kier alpha value is -3.49. The number of nitrogens with one attached hydrogen (secondary N) is 1. The number of carbonyl (C=O) groups is 1. The standard InChI is InChI=1S/C21H26N8O/c1-14-10-15(2)29(27-14)19-13-23-12-18(26-19)25-11-17-4-3-7-24-21(17)28-8-5-16(6-9-28)20(22)30/h3-4,7,10,12-13,16H,5-6,8-9,11H2,1-2H3,(H2,22,30)(H,25,26). The molecule has 0 spiro atoms. The molecule has 4 rings (SSSR count). The molecule has 9 heteroatoms. The van der Waals surface area contributed by atoms with Crippen molar-refractivity contribution in [2.75, 3.05) is 23.3 Å². The van der Waals surface area contributed by atoms with E-state index in [0.717, 1.165) is 48.7 Å². The highest BCUT2D eigenvalue weighted by atomic mass is 16.1. The summed E-state index contributed by atoms with van der Waals surface area (Å²) >= 11 is 0. The second kappa shape index (κ2) is 8.48. The van der Waals surface area contributed by atoms with E-state index in [0.29, 0.717) is 18.2 Å². The number of carbonyl (C=O) groups excluding carboxylic acids is 1. The first-order valence-electron chi connectivity index (χ1n) is 10.1. The lowest BCUT2D eigenvalue weighted by molar-refractivity contribution is -0.122. The molecule has 3 aromatic heterocycles. The Balaban J connectivity index is 1.47. The lowest BCUT2D eigenvalue weighted by Gasteiger charge is -2.32. The molecule has 3 N–H and O–H groups in total. The summed E-state index contributed by atoms with van der Waals surface area (Å²) in [4.78, 5) is 27.2. The molecule has 156 valence electrons. The van der Waals surface area contributed by atoms with Gasteiger partial charge in [0.15, 0.2) is 5.82 Å². The largest absolute Gasteiger partial charge is 0.369 e. The molecule has 1 aliphatic heterocycles. The Morgan fingerprint density at radius 1 is 1.27 bits per heavy atom. The highest BCUT2D eigenvalue weighted by Crippen LogP contribution is 2.25. The Morgan fingerprint density at radius 2 is 2.07 bits per heavy atom. The first-order chi connectivity index (χ1) is 14.5. The molecule has 1 aliphatic rings. The van der Waals surface area contributed by atoms with Crippen LogP contribution in [0, 0.1) is 19.8 Å². The summed E-state index contributed by atoms with van der Waals surface area (Å²) in [6.45, 7) is 6.05. The summed E-state index contributed by atoms with van der Waals surface area (Å²) in [5.41, 5.74) is 8.46. The van der Waals surface area contributed by atoms with Gasteiger partial charge in [-0.15, -0.1) is 0 Å². The zero-order valence-electron chi connectivity index (χ0n) is 17.2. The van der Waals surface area contributed by atoms with E-state index in [1.54, 1.807) is 23.3 Å². The van der Waals surface area contributed by atoms with Gasteiger partial charge < -0.3 is 16.0 Å². The van der Waals surface area contributed by atoms with Crippen LogP contribution in [0.3, 0.4) is 0 Å². The number of rotatable bonds is 6. The van der Waals surface area contributed by atoms with Crippen molar-refractivity contribution in [1.82, 2.24) is 24.7 Å². The predicted octanol–water partition coefficient (Wildman–Crippen LogP) is 1.99. The number of pyridine rings is 1. The van der Waals surface area contributed by atoms with Crippen LogP contribution in [0.4, 0.5) is 11.6 Å². The van der Waals surface area contributed by atoms with E-state index >= 15 is 0 Å². The van der Waals surface area contributed by atoms with Gasteiger partial charge in [0, 0.05) is 43.0 Å². The maximum atomic E-state index is 11.4. The molecule has 0 bridgehead atoms. The number of amides is 1. The fraction of sp³-hybridized carbons (Fsp3) is 0.381. The number of primary amides is 1. The molecule has 1 fully saturated rings. The zero-order valence-corrected chi connectivity index (χ0v) is 17.2. The van der Waals surface area contributed by atoms with E-state index in [1.807, 2.05) is 32.0 Å². The van der Waals surface area contributed by atoms with Crippen LogP contribution in [0.1, 0.15) is 29.8 Å². The predicted molar refractivity (Wildman–Crippen MR) is 114 cm³/mol. The minimum atomic E-state index is -0.210. The van der Waals surface area contributed by atoms with Gasteiger partial charge in [-0.3, -0.25) is 9.78 Å². The van der Waals surface area contributed by atoms with E-state index < -0.39 is 0 Å². The fourth-order valence-corrected chi connectivity index (χ4v) is 3.82. The molecule has 0 aromatic carbocycles. The van der Waals surface area contributed by atoms with Gasteiger partial charge >= 0.3 is 0 Å². The highest BCUT2D eigenvalue weighted by Gasteiger charge is 2.24. The number of hydrogen-bond donors (Lipinski definition) is 2. The van der Waals surface area contributed by atoms with E-state index in [2.05, 4.69) is 30.3 Å². The molecule has 30 heavy (non-hydrogen) atoms. The number of piperidine rings is 1.